The van der Waals surface area contributed by atoms with Gasteiger partial charge in [0.15, 0.2) is 0 Å². The first-order valence-corrected chi connectivity index (χ1v) is 7.70. The monoisotopic (exact) mass is 310 g/mol. The molecule has 2 rings (SSSR count). The fourth-order valence-corrected chi connectivity index (χ4v) is 2.09. The zero-order chi connectivity index (χ0) is 16.8. The molecule has 0 spiro atoms. The quantitative estimate of drug-likeness (QED) is 0.774. The van der Waals surface area contributed by atoms with Gasteiger partial charge in [-0.1, -0.05) is 50.2 Å². The molecule has 2 aromatic rings. The van der Waals surface area contributed by atoms with Crippen molar-refractivity contribution in [3.8, 4) is 16.9 Å². The molecule has 0 heterocycles. The molecule has 0 unspecified atom stereocenters. The Labute approximate surface area is 137 Å². The van der Waals surface area contributed by atoms with Crippen LogP contribution in [0.3, 0.4) is 0 Å². The molecule has 0 saturated heterocycles. The van der Waals surface area contributed by atoms with Crippen molar-refractivity contribution < 1.29 is 14.6 Å². The SMILES string of the molecule is CC(=Cc1ccc(-c2ccc(OCC(C)C)cc2)cc1)C(=O)O. The lowest BCUT2D eigenvalue weighted by molar-refractivity contribution is -0.132. The molecule has 0 bridgehead atoms. The van der Waals surface area contributed by atoms with E-state index in [1.165, 1.54) is 0 Å². The van der Waals surface area contributed by atoms with E-state index in [2.05, 4.69) is 13.8 Å². The Bertz CT molecular complexity index is 680. The van der Waals surface area contributed by atoms with Crippen molar-refractivity contribution in [1.82, 2.24) is 0 Å². The van der Waals surface area contributed by atoms with Gasteiger partial charge in [0, 0.05) is 5.57 Å². The summed E-state index contributed by atoms with van der Waals surface area (Å²) in [6.07, 6.45) is 1.66. The fraction of sp³-hybridized carbons (Fsp3) is 0.250. The second kappa shape index (κ2) is 7.63. The van der Waals surface area contributed by atoms with Gasteiger partial charge in [0.1, 0.15) is 5.75 Å². The highest BCUT2D eigenvalue weighted by Gasteiger charge is 2.02. The zero-order valence-corrected chi connectivity index (χ0v) is 13.7. The summed E-state index contributed by atoms with van der Waals surface area (Å²) < 4.78 is 5.68. The largest absolute Gasteiger partial charge is 0.493 e. The minimum Gasteiger partial charge on any atom is -0.493 e. The first kappa shape index (κ1) is 16.8. The van der Waals surface area contributed by atoms with Crippen molar-refractivity contribution in [2.45, 2.75) is 20.8 Å². The molecule has 0 amide bonds. The topological polar surface area (TPSA) is 46.5 Å². The lowest BCUT2D eigenvalue weighted by atomic mass is 10.0. The van der Waals surface area contributed by atoms with Crippen molar-refractivity contribution in [2.75, 3.05) is 6.61 Å². The minimum atomic E-state index is -0.897. The third-order valence-electron chi connectivity index (χ3n) is 3.40. The van der Waals surface area contributed by atoms with Crippen molar-refractivity contribution in [3.63, 3.8) is 0 Å². The van der Waals surface area contributed by atoms with Gasteiger partial charge in [-0.25, -0.2) is 4.79 Å². The summed E-state index contributed by atoms with van der Waals surface area (Å²) in [7, 11) is 0. The van der Waals surface area contributed by atoms with E-state index in [0.717, 1.165) is 22.4 Å². The van der Waals surface area contributed by atoms with Crippen molar-refractivity contribution >= 4 is 12.0 Å². The van der Waals surface area contributed by atoms with Crippen LogP contribution >= 0.6 is 0 Å². The highest BCUT2D eigenvalue weighted by Crippen LogP contribution is 2.23. The average molecular weight is 310 g/mol. The molecule has 2 aromatic carbocycles. The minimum absolute atomic E-state index is 0.324. The van der Waals surface area contributed by atoms with E-state index in [0.29, 0.717) is 18.1 Å². The number of carboxylic acid groups (broad SMARTS) is 1. The maximum atomic E-state index is 10.8. The van der Waals surface area contributed by atoms with Crippen molar-refractivity contribution in [2.24, 2.45) is 5.92 Å². The van der Waals surface area contributed by atoms with Crippen LogP contribution < -0.4 is 4.74 Å². The van der Waals surface area contributed by atoms with Gasteiger partial charge in [-0.05, 0) is 47.7 Å². The van der Waals surface area contributed by atoms with Gasteiger partial charge in [-0.3, -0.25) is 0 Å². The van der Waals surface area contributed by atoms with Crippen LogP contribution in [0, 0.1) is 5.92 Å². The van der Waals surface area contributed by atoms with Crippen LogP contribution in [0.25, 0.3) is 17.2 Å². The summed E-state index contributed by atoms with van der Waals surface area (Å²) in [5.41, 5.74) is 3.40. The molecule has 0 atom stereocenters. The van der Waals surface area contributed by atoms with E-state index in [1.807, 2.05) is 48.5 Å². The molecule has 0 saturated carbocycles. The summed E-state index contributed by atoms with van der Waals surface area (Å²) in [5, 5.41) is 8.90. The highest BCUT2D eigenvalue weighted by molar-refractivity contribution is 5.91. The number of carboxylic acids is 1. The first-order valence-electron chi connectivity index (χ1n) is 7.70. The standard InChI is InChI=1S/C20H22O3/c1-14(2)13-23-19-10-8-18(9-11-19)17-6-4-16(5-7-17)12-15(3)20(21)22/h4-12,14H,13H2,1-3H3,(H,21,22). The average Bonchev–Trinajstić information content (AvgIpc) is 2.54. The second-order valence-electron chi connectivity index (χ2n) is 5.98. The Morgan fingerprint density at radius 3 is 2.04 bits per heavy atom. The molecule has 3 nitrogen and oxygen atoms in total. The van der Waals surface area contributed by atoms with E-state index < -0.39 is 5.97 Å². The van der Waals surface area contributed by atoms with E-state index in [-0.39, 0.29) is 0 Å². The van der Waals surface area contributed by atoms with E-state index in [9.17, 15) is 4.79 Å². The highest BCUT2D eigenvalue weighted by atomic mass is 16.5. The predicted octanol–water partition coefficient (Wildman–Crippen LogP) is 4.88. The summed E-state index contributed by atoms with van der Waals surface area (Å²) in [5.74, 6) is 0.481. The maximum absolute atomic E-state index is 10.8. The molecule has 0 radical (unpaired) electrons. The maximum Gasteiger partial charge on any atom is 0.331 e. The van der Waals surface area contributed by atoms with E-state index >= 15 is 0 Å². The fourth-order valence-electron chi connectivity index (χ4n) is 2.09. The molecule has 23 heavy (non-hydrogen) atoms. The van der Waals surface area contributed by atoms with Gasteiger partial charge in [-0.2, -0.15) is 0 Å². The normalized spacial score (nSPS) is 11.6. The van der Waals surface area contributed by atoms with Gasteiger partial charge in [0.05, 0.1) is 6.61 Å². The van der Waals surface area contributed by atoms with Gasteiger partial charge in [-0.15, -0.1) is 0 Å². The number of carbonyl (C=O) groups is 1. The molecular weight excluding hydrogens is 288 g/mol. The number of benzene rings is 2. The number of rotatable bonds is 6. The third-order valence-corrected chi connectivity index (χ3v) is 3.40. The smallest absolute Gasteiger partial charge is 0.331 e. The molecule has 0 aliphatic heterocycles. The molecule has 0 fully saturated rings. The summed E-state index contributed by atoms with van der Waals surface area (Å²) in [4.78, 5) is 10.8. The molecule has 0 aliphatic rings. The molecule has 1 N–H and O–H groups in total. The molecule has 3 heteroatoms. The van der Waals surface area contributed by atoms with Crippen LogP contribution in [0.1, 0.15) is 26.3 Å². The lowest BCUT2D eigenvalue weighted by Gasteiger charge is -2.09. The number of hydrogen-bond donors (Lipinski definition) is 1. The van der Waals surface area contributed by atoms with Crippen LogP contribution in [0.5, 0.6) is 5.75 Å². The van der Waals surface area contributed by atoms with Crippen LogP contribution in [-0.4, -0.2) is 17.7 Å². The number of hydrogen-bond acceptors (Lipinski definition) is 2. The summed E-state index contributed by atoms with van der Waals surface area (Å²) in [6.45, 7) is 6.54. The Balaban J connectivity index is 2.10. The van der Waals surface area contributed by atoms with Crippen LogP contribution in [0.2, 0.25) is 0 Å². The Kier molecular flexibility index (Phi) is 5.58. The van der Waals surface area contributed by atoms with Crippen molar-refractivity contribution in [3.05, 3.63) is 59.7 Å². The van der Waals surface area contributed by atoms with Gasteiger partial charge in [0.2, 0.25) is 0 Å². The van der Waals surface area contributed by atoms with Crippen LogP contribution in [0.4, 0.5) is 0 Å². The van der Waals surface area contributed by atoms with Crippen LogP contribution in [0.15, 0.2) is 54.1 Å². The molecule has 0 aliphatic carbocycles. The predicted molar refractivity (Wildman–Crippen MR) is 93.5 cm³/mol. The number of aliphatic carboxylic acids is 1. The molecule has 120 valence electrons. The molecule has 0 aromatic heterocycles. The molecular formula is C20H22O3. The summed E-state index contributed by atoms with van der Waals surface area (Å²) in [6, 6.07) is 15.8. The van der Waals surface area contributed by atoms with Gasteiger partial charge >= 0.3 is 5.97 Å². The number of ether oxygens (including phenoxy) is 1. The Morgan fingerprint density at radius 2 is 1.57 bits per heavy atom. The van der Waals surface area contributed by atoms with E-state index in [1.54, 1.807) is 13.0 Å². The van der Waals surface area contributed by atoms with Crippen LogP contribution in [-0.2, 0) is 4.79 Å². The first-order chi connectivity index (χ1) is 11.0. The van der Waals surface area contributed by atoms with Gasteiger partial charge < -0.3 is 9.84 Å². The Morgan fingerprint density at radius 1 is 1.04 bits per heavy atom. The lowest BCUT2D eigenvalue weighted by Crippen LogP contribution is -2.04. The van der Waals surface area contributed by atoms with E-state index in [4.69, 9.17) is 9.84 Å². The third kappa shape index (κ3) is 4.99. The van der Waals surface area contributed by atoms with Crippen molar-refractivity contribution in [1.29, 1.82) is 0 Å². The summed E-state index contributed by atoms with van der Waals surface area (Å²) >= 11 is 0. The second-order valence-corrected chi connectivity index (χ2v) is 5.98. The van der Waals surface area contributed by atoms with Gasteiger partial charge in [0.25, 0.3) is 0 Å². The Hall–Kier alpha value is -2.55. The zero-order valence-electron chi connectivity index (χ0n) is 13.7.